The van der Waals surface area contributed by atoms with E-state index in [-0.39, 0.29) is 0 Å². The predicted octanol–water partition coefficient (Wildman–Crippen LogP) is 7.20. The van der Waals surface area contributed by atoms with E-state index in [1.807, 2.05) is 42.5 Å². The molecule has 0 spiro atoms. The molecule has 3 aromatic carbocycles. The van der Waals surface area contributed by atoms with Crippen molar-refractivity contribution in [3.63, 3.8) is 0 Å². The van der Waals surface area contributed by atoms with E-state index < -0.39 is 5.60 Å². The Morgan fingerprint density at radius 3 is 1.89 bits per heavy atom. The minimum Gasteiger partial charge on any atom is -0.375 e. The van der Waals surface area contributed by atoms with Gasteiger partial charge in [-0.3, -0.25) is 0 Å². The average molecular weight is 498 g/mol. The van der Waals surface area contributed by atoms with Crippen molar-refractivity contribution in [2.45, 2.75) is 5.60 Å². The Morgan fingerprint density at radius 2 is 1.30 bits per heavy atom. The zero-order chi connectivity index (χ0) is 18.6. The molecule has 0 atom stereocenters. The van der Waals surface area contributed by atoms with Crippen LogP contribution in [-0.4, -0.2) is 5.11 Å². The van der Waals surface area contributed by atoms with E-state index in [9.17, 15) is 5.11 Å². The SMILES string of the molecule is OC1(c2sccc2-c2ccccc2)c2cc(Br)ccc2-c2ccc(Br)cc21. The van der Waals surface area contributed by atoms with Crippen molar-refractivity contribution < 1.29 is 5.11 Å². The van der Waals surface area contributed by atoms with E-state index in [0.29, 0.717) is 0 Å². The lowest BCUT2D eigenvalue weighted by Crippen LogP contribution is -2.25. The molecule has 1 nitrogen and oxygen atoms in total. The van der Waals surface area contributed by atoms with Gasteiger partial charge < -0.3 is 5.11 Å². The molecule has 1 N–H and O–H groups in total. The Hall–Kier alpha value is -1.72. The Morgan fingerprint density at radius 1 is 0.704 bits per heavy atom. The second-order valence-corrected chi connectivity index (χ2v) is 9.37. The minimum atomic E-state index is -1.18. The first-order valence-electron chi connectivity index (χ1n) is 8.55. The van der Waals surface area contributed by atoms with Crippen LogP contribution in [0.25, 0.3) is 22.3 Å². The van der Waals surface area contributed by atoms with Crippen LogP contribution in [0, 0.1) is 0 Å². The van der Waals surface area contributed by atoms with Crippen LogP contribution in [0.2, 0.25) is 0 Å². The van der Waals surface area contributed by atoms with Gasteiger partial charge in [-0.2, -0.15) is 0 Å². The number of hydrogen-bond donors (Lipinski definition) is 1. The van der Waals surface area contributed by atoms with Crippen molar-refractivity contribution in [3.8, 4) is 22.3 Å². The Labute approximate surface area is 178 Å². The maximum absolute atomic E-state index is 12.2. The lowest BCUT2D eigenvalue weighted by atomic mass is 9.86. The third-order valence-corrected chi connectivity index (χ3v) is 7.12. The molecule has 0 saturated heterocycles. The van der Waals surface area contributed by atoms with Gasteiger partial charge in [0.25, 0.3) is 0 Å². The van der Waals surface area contributed by atoms with Crippen molar-refractivity contribution in [3.05, 3.63) is 103 Å². The summed E-state index contributed by atoms with van der Waals surface area (Å²) in [6, 6.07) is 24.7. The number of fused-ring (bicyclic) bond motifs is 3. The molecule has 132 valence electrons. The first-order chi connectivity index (χ1) is 13.1. The molecule has 0 radical (unpaired) electrons. The molecule has 5 rings (SSSR count). The molecule has 1 aromatic heterocycles. The first kappa shape index (κ1) is 17.4. The van der Waals surface area contributed by atoms with Crippen molar-refractivity contribution in [1.29, 1.82) is 0 Å². The van der Waals surface area contributed by atoms with Crippen LogP contribution in [0.15, 0.2) is 87.1 Å². The topological polar surface area (TPSA) is 20.2 Å². The standard InChI is InChI=1S/C23H14Br2OS/c24-15-6-8-18-19-9-7-16(25)13-21(19)23(26,20(18)12-15)22-17(10-11-27-22)14-4-2-1-3-5-14/h1-13,26H. The molecule has 27 heavy (non-hydrogen) atoms. The molecule has 0 unspecified atom stereocenters. The van der Waals surface area contributed by atoms with Crippen LogP contribution in [0.5, 0.6) is 0 Å². The van der Waals surface area contributed by atoms with Gasteiger partial charge in [0.05, 0.1) is 4.88 Å². The molecule has 4 heteroatoms. The molecule has 0 saturated carbocycles. The molecular weight excluding hydrogens is 484 g/mol. The molecule has 4 aromatic rings. The summed E-state index contributed by atoms with van der Waals surface area (Å²) in [6.45, 7) is 0. The van der Waals surface area contributed by atoms with Gasteiger partial charge in [-0.05, 0) is 58.0 Å². The summed E-state index contributed by atoms with van der Waals surface area (Å²) in [5.41, 5.74) is 5.00. The number of hydrogen-bond acceptors (Lipinski definition) is 2. The summed E-state index contributed by atoms with van der Waals surface area (Å²) in [5.74, 6) is 0. The highest BCUT2D eigenvalue weighted by Gasteiger charge is 2.45. The number of thiophene rings is 1. The van der Waals surface area contributed by atoms with Crippen LogP contribution >= 0.6 is 43.2 Å². The summed E-state index contributed by atoms with van der Waals surface area (Å²) >= 11 is 8.77. The van der Waals surface area contributed by atoms with Crippen LogP contribution < -0.4 is 0 Å². The van der Waals surface area contributed by atoms with Crippen molar-refractivity contribution >= 4 is 43.2 Å². The van der Waals surface area contributed by atoms with Gasteiger partial charge in [0.2, 0.25) is 0 Å². The Kier molecular flexibility index (Phi) is 4.13. The molecule has 0 aliphatic heterocycles. The van der Waals surface area contributed by atoms with Crippen molar-refractivity contribution in [1.82, 2.24) is 0 Å². The first-order valence-corrected chi connectivity index (χ1v) is 11.0. The Bertz CT molecular complexity index is 1110. The molecule has 0 amide bonds. The summed E-state index contributed by atoms with van der Waals surface area (Å²) in [5, 5.41) is 14.3. The zero-order valence-corrected chi connectivity index (χ0v) is 18.1. The van der Waals surface area contributed by atoms with E-state index in [0.717, 1.165) is 47.2 Å². The van der Waals surface area contributed by atoms with E-state index in [1.54, 1.807) is 11.3 Å². The van der Waals surface area contributed by atoms with Gasteiger partial charge >= 0.3 is 0 Å². The monoisotopic (exact) mass is 496 g/mol. The van der Waals surface area contributed by atoms with Gasteiger partial charge in [0.15, 0.2) is 5.60 Å². The van der Waals surface area contributed by atoms with E-state index >= 15 is 0 Å². The Balaban J connectivity index is 1.84. The van der Waals surface area contributed by atoms with Gasteiger partial charge in [-0.15, -0.1) is 11.3 Å². The second kappa shape index (κ2) is 6.42. The van der Waals surface area contributed by atoms with Gasteiger partial charge in [-0.25, -0.2) is 0 Å². The maximum Gasteiger partial charge on any atom is 0.151 e. The fourth-order valence-electron chi connectivity index (χ4n) is 3.93. The summed E-state index contributed by atoms with van der Waals surface area (Å²) in [6.07, 6.45) is 0. The van der Waals surface area contributed by atoms with E-state index in [1.165, 1.54) is 0 Å². The third kappa shape index (κ3) is 2.59. The molecule has 1 aliphatic rings. The second-order valence-electron chi connectivity index (χ2n) is 6.62. The molecule has 0 bridgehead atoms. The fourth-order valence-corrected chi connectivity index (χ4v) is 5.69. The van der Waals surface area contributed by atoms with Crippen molar-refractivity contribution in [2.75, 3.05) is 0 Å². The van der Waals surface area contributed by atoms with Gasteiger partial charge in [0, 0.05) is 20.1 Å². The maximum atomic E-state index is 12.2. The summed E-state index contributed by atoms with van der Waals surface area (Å²) in [4.78, 5) is 0.949. The third-order valence-electron chi connectivity index (χ3n) is 5.11. The zero-order valence-electron chi connectivity index (χ0n) is 14.1. The normalized spacial score (nSPS) is 14.0. The summed E-state index contributed by atoms with van der Waals surface area (Å²) < 4.78 is 1.92. The smallest absolute Gasteiger partial charge is 0.151 e. The van der Waals surface area contributed by atoms with Gasteiger partial charge in [-0.1, -0.05) is 74.3 Å². The van der Waals surface area contributed by atoms with Gasteiger partial charge in [0.1, 0.15) is 0 Å². The van der Waals surface area contributed by atoms with Crippen LogP contribution in [0.4, 0.5) is 0 Å². The number of aliphatic hydroxyl groups is 1. The molecule has 1 heterocycles. The van der Waals surface area contributed by atoms with Crippen LogP contribution in [-0.2, 0) is 5.60 Å². The molecule has 1 aliphatic carbocycles. The fraction of sp³-hybridized carbons (Fsp3) is 0.0435. The number of benzene rings is 3. The number of rotatable bonds is 2. The highest BCUT2D eigenvalue weighted by molar-refractivity contribution is 9.10. The highest BCUT2D eigenvalue weighted by Crippen LogP contribution is 2.55. The van der Waals surface area contributed by atoms with Crippen LogP contribution in [0.3, 0.4) is 0 Å². The highest BCUT2D eigenvalue weighted by atomic mass is 79.9. The van der Waals surface area contributed by atoms with E-state index in [2.05, 4.69) is 67.6 Å². The minimum absolute atomic E-state index is 0.921. The molecular formula is C23H14Br2OS. The lowest BCUT2D eigenvalue weighted by molar-refractivity contribution is 0.135. The summed E-state index contributed by atoms with van der Waals surface area (Å²) in [7, 11) is 0. The predicted molar refractivity (Wildman–Crippen MR) is 119 cm³/mol. The quantitative estimate of drug-likeness (QED) is 0.310. The van der Waals surface area contributed by atoms with Crippen LogP contribution in [0.1, 0.15) is 16.0 Å². The lowest BCUT2D eigenvalue weighted by Gasteiger charge is -2.27. The van der Waals surface area contributed by atoms with E-state index in [4.69, 9.17) is 0 Å². The van der Waals surface area contributed by atoms with Crippen molar-refractivity contribution in [2.24, 2.45) is 0 Å². The number of halogens is 2. The largest absolute Gasteiger partial charge is 0.375 e. The molecule has 0 fully saturated rings. The average Bonchev–Trinajstić information content (AvgIpc) is 3.26.